The zero-order valence-electron chi connectivity index (χ0n) is 17.1. The van der Waals surface area contributed by atoms with Gasteiger partial charge in [-0.25, -0.2) is 0 Å². The molecule has 4 rings (SSSR count). The molecule has 2 aromatic rings. The summed E-state index contributed by atoms with van der Waals surface area (Å²) in [5, 5.41) is 3.62. The Kier molecular flexibility index (Phi) is 8.04. The van der Waals surface area contributed by atoms with Gasteiger partial charge in [-0.2, -0.15) is 11.8 Å². The average molecular weight is 412 g/mol. The van der Waals surface area contributed by atoms with E-state index in [4.69, 9.17) is 4.74 Å². The van der Waals surface area contributed by atoms with Crippen molar-refractivity contribution in [3.63, 3.8) is 0 Å². The Balaban J connectivity index is 0.00000117. The van der Waals surface area contributed by atoms with Crippen LogP contribution in [0.3, 0.4) is 0 Å². The molecule has 5 heteroatoms. The lowest BCUT2D eigenvalue weighted by atomic mass is 9.90. The third-order valence-electron chi connectivity index (χ3n) is 5.13. The number of benzene rings is 2. The van der Waals surface area contributed by atoms with E-state index in [1.807, 2.05) is 62.0 Å². The van der Waals surface area contributed by atoms with Crippen LogP contribution in [0.2, 0.25) is 0 Å². The summed E-state index contributed by atoms with van der Waals surface area (Å²) in [4.78, 5) is 25.0. The summed E-state index contributed by atoms with van der Waals surface area (Å²) in [6, 6.07) is 18.2. The molecule has 3 atom stereocenters. The van der Waals surface area contributed by atoms with Crippen LogP contribution in [0, 0.1) is 0 Å². The minimum Gasteiger partial charge on any atom is -0.364 e. The van der Waals surface area contributed by atoms with Gasteiger partial charge in [-0.3, -0.25) is 9.59 Å². The number of carbonyl (C=O) groups is 2. The summed E-state index contributed by atoms with van der Waals surface area (Å²) in [5.74, 6) is 0.0949. The zero-order valence-corrected chi connectivity index (χ0v) is 17.9. The first-order valence-corrected chi connectivity index (χ1v) is 11.4. The highest BCUT2D eigenvalue weighted by Gasteiger charge is 2.37. The Morgan fingerprint density at radius 3 is 2.55 bits per heavy atom. The molecule has 0 aromatic heterocycles. The van der Waals surface area contributed by atoms with Crippen LogP contribution in [0.25, 0.3) is 0 Å². The third kappa shape index (κ3) is 5.56. The molecule has 0 amide bonds. The highest BCUT2D eigenvalue weighted by molar-refractivity contribution is 7.99. The quantitative estimate of drug-likeness (QED) is 0.767. The largest absolute Gasteiger partial charge is 0.364 e. The van der Waals surface area contributed by atoms with E-state index in [9.17, 15) is 9.59 Å². The third-order valence-corrected chi connectivity index (χ3v) is 6.55. The van der Waals surface area contributed by atoms with E-state index >= 15 is 0 Å². The number of thioether (sulfide) groups is 1. The van der Waals surface area contributed by atoms with Crippen LogP contribution in [0.15, 0.2) is 54.6 Å². The summed E-state index contributed by atoms with van der Waals surface area (Å²) in [6.45, 7) is 5.42. The highest BCUT2D eigenvalue weighted by atomic mass is 32.2. The maximum absolute atomic E-state index is 12.6. The predicted octanol–water partition coefficient (Wildman–Crippen LogP) is 4.13. The van der Waals surface area contributed by atoms with Crippen LogP contribution in [-0.2, 0) is 27.3 Å². The molecule has 4 nitrogen and oxygen atoms in total. The van der Waals surface area contributed by atoms with Gasteiger partial charge in [-0.15, -0.1) is 0 Å². The molecule has 1 N–H and O–H groups in total. The second-order valence-corrected chi connectivity index (χ2v) is 8.32. The van der Waals surface area contributed by atoms with Gasteiger partial charge in [0.25, 0.3) is 0 Å². The number of nitrogens with one attached hydrogen (secondary N) is 1. The van der Waals surface area contributed by atoms with E-state index in [1.165, 1.54) is 11.1 Å². The summed E-state index contributed by atoms with van der Waals surface area (Å²) in [5.41, 5.74) is 3.37. The lowest BCUT2D eigenvalue weighted by Crippen LogP contribution is -2.39. The van der Waals surface area contributed by atoms with E-state index in [2.05, 4.69) is 23.5 Å². The second kappa shape index (κ2) is 10.7. The van der Waals surface area contributed by atoms with Crippen molar-refractivity contribution >= 4 is 23.3 Å². The van der Waals surface area contributed by atoms with Gasteiger partial charge in [0.05, 0.1) is 6.10 Å². The van der Waals surface area contributed by atoms with Crippen LogP contribution >= 0.6 is 11.8 Å². The lowest BCUT2D eigenvalue weighted by molar-refractivity contribution is -0.145. The van der Waals surface area contributed by atoms with Crippen molar-refractivity contribution in [2.24, 2.45) is 0 Å². The van der Waals surface area contributed by atoms with Crippen LogP contribution < -0.4 is 5.32 Å². The van der Waals surface area contributed by atoms with Gasteiger partial charge in [-0.1, -0.05) is 68.4 Å². The van der Waals surface area contributed by atoms with E-state index in [-0.39, 0.29) is 29.3 Å². The fraction of sp³-hybridized carbons (Fsp3) is 0.417. The van der Waals surface area contributed by atoms with Crippen LogP contribution in [0.5, 0.6) is 0 Å². The maximum Gasteiger partial charge on any atom is 0.227 e. The Morgan fingerprint density at radius 2 is 1.76 bits per heavy atom. The number of ether oxygens (including phenoxy) is 1. The molecule has 154 valence electrons. The molecular formula is C24H29NO3S. The minimum absolute atomic E-state index is 0.0873. The molecule has 0 spiro atoms. The van der Waals surface area contributed by atoms with Gasteiger partial charge >= 0.3 is 0 Å². The molecule has 29 heavy (non-hydrogen) atoms. The van der Waals surface area contributed by atoms with Crippen molar-refractivity contribution in [3.8, 4) is 0 Å². The van der Waals surface area contributed by atoms with Crippen LogP contribution in [0.4, 0.5) is 0 Å². The molecule has 3 unspecified atom stereocenters. The normalized spacial score (nSPS) is 23.7. The molecule has 1 saturated heterocycles. The van der Waals surface area contributed by atoms with Crippen molar-refractivity contribution in [1.82, 2.24) is 5.32 Å². The van der Waals surface area contributed by atoms with E-state index in [1.54, 1.807) is 0 Å². The molecule has 2 bridgehead atoms. The number of ketones is 2. The first-order chi connectivity index (χ1) is 14.2. The van der Waals surface area contributed by atoms with Gasteiger partial charge in [-0.05, 0) is 23.1 Å². The van der Waals surface area contributed by atoms with Crippen molar-refractivity contribution < 1.29 is 14.3 Å². The first-order valence-electron chi connectivity index (χ1n) is 10.4. The van der Waals surface area contributed by atoms with Crippen molar-refractivity contribution in [2.75, 3.05) is 12.3 Å². The van der Waals surface area contributed by atoms with Crippen molar-refractivity contribution in [2.45, 2.75) is 50.7 Å². The molecule has 2 aliphatic rings. The zero-order chi connectivity index (χ0) is 20.6. The van der Waals surface area contributed by atoms with Crippen LogP contribution in [0.1, 0.15) is 42.2 Å². The van der Waals surface area contributed by atoms with Crippen molar-refractivity contribution in [1.29, 1.82) is 0 Å². The number of fused-ring (bicyclic) bond motifs is 4. The van der Waals surface area contributed by atoms with Crippen molar-refractivity contribution in [3.05, 3.63) is 71.3 Å². The van der Waals surface area contributed by atoms with Gasteiger partial charge < -0.3 is 10.1 Å². The Labute approximate surface area is 177 Å². The van der Waals surface area contributed by atoms with Gasteiger partial charge in [0.15, 0.2) is 0 Å². The SMILES string of the molecule is CC.O=C1Cc2ccccc2C2CC(OC(CNCc3ccccc3)CS2)C1=O. The fourth-order valence-electron chi connectivity index (χ4n) is 3.73. The molecule has 1 aliphatic carbocycles. The summed E-state index contributed by atoms with van der Waals surface area (Å²) in [7, 11) is 0. The molecule has 0 radical (unpaired) electrons. The maximum atomic E-state index is 12.6. The fourth-order valence-corrected chi connectivity index (χ4v) is 5.09. The predicted molar refractivity (Wildman–Crippen MR) is 118 cm³/mol. The molecule has 1 aliphatic heterocycles. The van der Waals surface area contributed by atoms with Gasteiger partial charge in [0, 0.05) is 30.5 Å². The lowest BCUT2D eigenvalue weighted by Gasteiger charge is -2.24. The highest BCUT2D eigenvalue weighted by Crippen LogP contribution is 2.40. The number of hydrogen-bond acceptors (Lipinski definition) is 5. The number of rotatable bonds is 4. The summed E-state index contributed by atoms with van der Waals surface area (Å²) < 4.78 is 6.10. The van der Waals surface area contributed by atoms with Crippen LogP contribution in [-0.4, -0.2) is 36.1 Å². The number of Topliss-reactive ketones (excluding diaryl/α,β-unsaturated/α-hetero) is 2. The average Bonchev–Trinajstić information content (AvgIpc) is 2.98. The van der Waals surface area contributed by atoms with Gasteiger partial charge in [0.2, 0.25) is 11.6 Å². The molecular weight excluding hydrogens is 382 g/mol. The Hall–Kier alpha value is -1.95. The van der Waals surface area contributed by atoms with E-state index in [0.29, 0.717) is 13.0 Å². The topological polar surface area (TPSA) is 55.4 Å². The molecule has 1 fully saturated rings. The van der Waals surface area contributed by atoms with E-state index in [0.717, 1.165) is 17.9 Å². The molecule has 2 aromatic carbocycles. The summed E-state index contributed by atoms with van der Waals surface area (Å²) in [6.07, 6.45) is 0.0368. The molecule has 0 saturated carbocycles. The Bertz CT molecular complexity index is 824. The number of carbonyl (C=O) groups excluding carboxylic acids is 2. The second-order valence-electron chi connectivity index (χ2n) is 7.08. The van der Waals surface area contributed by atoms with E-state index < -0.39 is 6.10 Å². The first kappa shape index (κ1) is 21.8. The standard InChI is InChI=1S/C22H23NO3S.C2H6/c24-19-10-16-8-4-5-9-18(16)21-11-20(22(19)25)26-17(14-27-21)13-23-12-15-6-2-1-3-7-15;1-2/h1-9,17,20-21,23H,10-14H2;1-2H3. The summed E-state index contributed by atoms with van der Waals surface area (Å²) >= 11 is 1.83. The minimum atomic E-state index is -0.630. The van der Waals surface area contributed by atoms with Gasteiger partial charge in [0.1, 0.15) is 6.10 Å². The molecule has 1 heterocycles. The monoisotopic (exact) mass is 411 g/mol. The number of hydrogen-bond donors (Lipinski definition) is 1. The Morgan fingerprint density at radius 1 is 1.03 bits per heavy atom. The smallest absolute Gasteiger partial charge is 0.227 e.